The molecule has 0 spiro atoms. The van der Waals surface area contributed by atoms with Crippen LogP contribution in [0.4, 0.5) is 4.39 Å². The Kier molecular flexibility index (Phi) is 4.66. The van der Waals surface area contributed by atoms with Crippen molar-refractivity contribution >= 4 is 27.8 Å². The van der Waals surface area contributed by atoms with Gasteiger partial charge in [0.2, 0.25) is 0 Å². The van der Waals surface area contributed by atoms with E-state index < -0.39 is 11.4 Å². The number of H-pyrrole nitrogens is 1. The van der Waals surface area contributed by atoms with E-state index in [1.54, 1.807) is 6.92 Å². The number of nitrogens with zero attached hydrogens (tertiary/aromatic N) is 2. The molecule has 2 heterocycles. The van der Waals surface area contributed by atoms with Gasteiger partial charge in [0, 0.05) is 22.2 Å². The Morgan fingerprint density at radius 2 is 2.09 bits per heavy atom. The van der Waals surface area contributed by atoms with Gasteiger partial charge in [0.05, 0.1) is 22.6 Å². The van der Waals surface area contributed by atoms with Crippen LogP contribution in [0, 0.1) is 18.2 Å². The van der Waals surface area contributed by atoms with Crippen LogP contribution >= 0.6 is 0 Å². The summed E-state index contributed by atoms with van der Waals surface area (Å²) in [6.07, 6.45) is 3.93. The number of aromatic nitrogens is 3. The first-order valence-corrected chi connectivity index (χ1v) is 11.2. The first-order valence-electron chi connectivity index (χ1n) is 11.2. The van der Waals surface area contributed by atoms with Crippen LogP contribution < -0.4 is 0 Å². The molecule has 1 aliphatic rings. The maximum Gasteiger partial charge on any atom is 0.309 e. The summed E-state index contributed by atoms with van der Waals surface area (Å²) in [5.74, 6) is -0.586. The predicted octanol–water partition coefficient (Wildman–Crippen LogP) is 6.44. The number of carboxylic acid groups (broad SMARTS) is 1. The highest BCUT2D eigenvalue weighted by Crippen LogP contribution is 2.51. The Hall–Kier alpha value is -3.15. The van der Waals surface area contributed by atoms with E-state index >= 15 is 0 Å². The zero-order valence-electron chi connectivity index (χ0n) is 18.9. The summed E-state index contributed by atoms with van der Waals surface area (Å²) in [5.41, 5.74) is 5.21. The Morgan fingerprint density at radius 1 is 1.31 bits per heavy atom. The fraction of sp³-hybridized carbons (Fsp3) is 0.385. The maximum absolute atomic E-state index is 14.1. The number of aromatic amines is 1. The third-order valence-electron chi connectivity index (χ3n) is 7.22. The van der Waals surface area contributed by atoms with Crippen molar-refractivity contribution in [2.24, 2.45) is 5.41 Å². The smallest absolute Gasteiger partial charge is 0.309 e. The van der Waals surface area contributed by atoms with Crippen molar-refractivity contribution in [3.05, 3.63) is 59.2 Å². The molecule has 0 radical (unpaired) electrons. The number of aliphatic carboxylic acids is 1. The molecule has 1 fully saturated rings. The van der Waals surface area contributed by atoms with Gasteiger partial charge in [0.1, 0.15) is 5.82 Å². The highest BCUT2D eigenvalue weighted by molar-refractivity contribution is 5.99. The monoisotopic (exact) mass is 433 g/mol. The lowest BCUT2D eigenvalue weighted by atomic mass is 9.84. The molecule has 6 heteroatoms. The summed E-state index contributed by atoms with van der Waals surface area (Å²) in [5, 5.41) is 19.2. The van der Waals surface area contributed by atoms with E-state index in [-0.39, 0.29) is 17.7 Å². The summed E-state index contributed by atoms with van der Waals surface area (Å²) in [4.78, 5) is 12.0. The molecule has 2 N–H and O–H groups in total. The number of rotatable bonds is 4. The first-order chi connectivity index (χ1) is 15.2. The number of halogens is 1. The lowest BCUT2D eigenvalue weighted by molar-refractivity contribution is -0.147. The zero-order valence-corrected chi connectivity index (χ0v) is 18.9. The summed E-state index contributed by atoms with van der Waals surface area (Å²) in [7, 11) is 0. The SMILES string of the molecule is Cc1cc(-n2c(C(C)C)c([C@@H]3CC[C@@](C)(C(=O)O)C3)c3cc4[nH]ncc4cc32)ccc1F. The van der Waals surface area contributed by atoms with Gasteiger partial charge in [-0.2, -0.15) is 5.10 Å². The van der Waals surface area contributed by atoms with Gasteiger partial charge >= 0.3 is 5.97 Å². The van der Waals surface area contributed by atoms with Crippen LogP contribution in [0.1, 0.15) is 68.7 Å². The Morgan fingerprint density at radius 3 is 2.75 bits per heavy atom. The van der Waals surface area contributed by atoms with E-state index in [2.05, 4.69) is 40.7 Å². The number of fused-ring (bicyclic) bond motifs is 2. The molecule has 5 nitrogen and oxygen atoms in total. The maximum atomic E-state index is 14.1. The van der Waals surface area contributed by atoms with Gasteiger partial charge in [0.15, 0.2) is 0 Å². The van der Waals surface area contributed by atoms with Gasteiger partial charge < -0.3 is 9.67 Å². The van der Waals surface area contributed by atoms with E-state index in [1.165, 1.54) is 17.3 Å². The number of aryl methyl sites for hydroxylation is 1. The minimum Gasteiger partial charge on any atom is -0.481 e. The predicted molar refractivity (Wildman–Crippen MR) is 124 cm³/mol. The van der Waals surface area contributed by atoms with Crippen LogP contribution in [0.25, 0.3) is 27.5 Å². The molecule has 4 aromatic rings. The third kappa shape index (κ3) is 3.04. The van der Waals surface area contributed by atoms with Crippen LogP contribution in [0.15, 0.2) is 36.5 Å². The normalized spacial score (nSPS) is 21.2. The highest BCUT2D eigenvalue weighted by Gasteiger charge is 2.43. The molecule has 0 unspecified atom stereocenters. The molecule has 0 amide bonds. The Balaban J connectivity index is 1.84. The molecule has 0 bridgehead atoms. The molecule has 0 aliphatic heterocycles. The average Bonchev–Trinajstić information content (AvgIpc) is 3.43. The minimum atomic E-state index is -0.722. The van der Waals surface area contributed by atoms with Crippen molar-refractivity contribution in [1.29, 1.82) is 0 Å². The largest absolute Gasteiger partial charge is 0.481 e. The van der Waals surface area contributed by atoms with E-state index in [4.69, 9.17) is 0 Å². The summed E-state index contributed by atoms with van der Waals surface area (Å²) < 4.78 is 16.3. The second-order valence-electron chi connectivity index (χ2n) is 9.85. The molecule has 166 valence electrons. The Labute approximate surface area is 186 Å². The first kappa shape index (κ1) is 20.7. The number of hydrogen-bond acceptors (Lipinski definition) is 2. The summed E-state index contributed by atoms with van der Waals surface area (Å²) in [6.45, 7) is 7.98. The van der Waals surface area contributed by atoms with Crippen LogP contribution in [0.3, 0.4) is 0 Å². The molecule has 2 aromatic heterocycles. The van der Waals surface area contributed by atoms with Crippen LogP contribution in [0.5, 0.6) is 0 Å². The topological polar surface area (TPSA) is 70.9 Å². The van der Waals surface area contributed by atoms with Gasteiger partial charge in [0.25, 0.3) is 0 Å². The van der Waals surface area contributed by atoms with Crippen molar-refractivity contribution < 1.29 is 14.3 Å². The fourth-order valence-electron chi connectivity index (χ4n) is 5.49. The van der Waals surface area contributed by atoms with Gasteiger partial charge in [-0.1, -0.05) is 13.8 Å². The molecule has 32 heavy (non-hydrogen) atoms. The van der Waals surface area contributed by atoms with Gasteiger partial charge in [-0.25, -0.2) is 4.39 Å². The molecule has 1 aliphatic carbocycles. The van der Waals surface area contributed by atoms with Crippen LogP contribution in [-0.4, -0.2) is 25.8 Å². The third-order valence-corrected chi connectivity index (χ3v) is 7.22. The average molecular weight is 434 g/mol. The van der Waals surface area contributed by atoms with Gasteiger partial charge in [-0.05, 0) is 86.4 Å². The van der Waals surface area contributed by atoms with E-state index in [1.807, 2.05) is 25.3 Å². The van der Waals surface area contributed by atoms with E-state index in [0.717, 1.165) is 33.9 Å². The lowest BCUT2D eigenvalue weighted by Gasteiger charge is -2.21. The minimum absolute atomic E-state index is 0.152. The Bertz CT molecular complexity index is 1370. The molecular formula is C26H28FN3O2. The summed E-state index contributed by atoms with van der Waals surface area (Å²) >= 11 is 0. The quantitative estimate of drug-likeness (QED) is 0.389. The highest BCUT2D eigenvalue weighted by atomic mass is 19.1. The molecule has 2 aromatic carbocycles. The molecule has 5 rings (SSSR count). The molecular weight excluding hydrogens is 405 g/mol. The molecule has 2 atom stereocenters. The van der Waals surface area contributed by atoms with E-state index in [0.29, 0.717) is 18.4 Å². The molecule has 0 saturated heterocycles. The lowest BCUT2D eigenvalue weighted by Crippen LogP contribution is -2.23. The number of benzene rings is 2. The van der Waals surface area contributed by atoms with Crippen LogP contribution in [0.2, 0.25) is 0 Å². The van der Waals surface area contributed by atoms with Crippen LogP contribution in [-0.2, 0) is 4.79 Å². The molecule has 1 saturated carbocycles. The van der Waals surface area contributed by atoms with Crippen molar-refractivity contribution in [3.63, 3.8) is 0 Å². The van der Waals surface area contributed by atoms with Gasteiger partial charge in [-0.3, -0.25) is 9.89 Å². The number of nitrogens with one attached hydrogen (secondary N) is 1. The number of carboxylic acids is 1. The van der Waals surface area contributed by atoms with Gasteiger partial charge in [-0.15, -0.1) is 0 Å². The van der Waals surface area contributed by atoms with E-state index in [9.17, 15) is 14.3 Å². The number of hydrogen-bond donors (Lipinski definition) is 2. The number of carbonyl (C=O) groups is 1. The summed E-state index contributed by atoms with van der Waals surface area (Å²) in [6, 6.07) is 9.51. The standard InChI is InChI=1S/C26H28FN3O2/c1-14(2)24-23(16-7-8-26(4,12-16)25(31)32)19-11-21-17(13-28-29-21)10-22(19)30(24)18-5-6-20(27)15(3)9-18/h5-6,9-11,13-14,16H,7-8,12H2,1-4H3,(H,28,29)(H,31,32)/t16-,26-/m1/s1. The van der Waals surface area contributed by atoms with Crippen molar-refractivity contribution in [1.82, 2.24) is 14.8 Å². The second-order valence-corrected chi connectivity index (χ2v) is 9.85. The van der Waals surface area contributed by atoms with Crippen molar-refractivity contribution in [3.8, 4) is 5.69 Å². The van der Waals surface area contributed by atoms with Crippen molar-refractivity contribution in [2.75, 3.05) is 0 Å². The fourth-order valence-corrected chi connectivity index (χ4v) is 5.49. The zero-order chi connectivity index (χ0) is 22.8. The van der Waals surface area contributed by atoms with Crippen molar-refractivity contribution in [2.45, 2.75) is 58.8 Å². The second kappa shape index (κ2) is 7.19.